The van der Waals surface area contributed by atoms with Crippen molar-refractivity contribution in [2.45, 2.75) is 16.3 Å². The van der Waals surface area contributed by atoms with Gasteiger partial charge in [-0.3, -0.25) is 10.1 Å². The molecule has 2 aromatic heterocycles. The molecule has 0 bridgehead atoms. The normalized spacial score (nSPS) is 10.7. The molecule has 0 atom stereocenters. The maximum atomic E-state index is 11.0. The van der Waals surface area contributed by atoms with Crippen molar-refractivity contribution in [3.05, 3.63) is 46.1 Å². The fraction of sp³-hybridized carbons (Fsp3) is 0.200. The zero-order chi connectivity index (χ0) is 18.0. The predicted molar refractivity (Wildman–Crippen MR) is 97.2 cm³/mol. The summed E-state index contributed by atoms with van der Waals surface area (Å²) in [5, 5.41) is 20.7. The molecule has 0 saturated heterocycles. The minimum absolute atomic E-state index is 0.0107. The number of nitro groups is 1. The molecule has 10 heteroatoms. The Balaban J connectivity index is 1.92. The highest BCUT2D eigenvalue weighted by molar-refractivity contribution is 8.01. The summed E-state index contributed by atoms with van der Waals surface area (Å²) in [5.74, 6) is 0.448. The van der Waals surface area contributed by atoms with Gasteiger partial charge in [-0.1, -0.05) is 23.5 Å². The lowest BCUT2D eigenvalue weighted by Crippen LogP contribution is -2.07. The number of anilines is 1. The average Bonchev–Trinajstić information content (AvgIpc) is 3.03. The highest BCUT2D eigenvalue weighted by Crippen LogP contribution is 2.33. The van der Waals surface area contributed by atoms with Gasteiger partial charge in [-0.05, 0) is 24.8 Å². The quantitative estimate of drug-likeness (QED) is 0.380. The third-order valence-corrected chi connectivity index (χ3v) is 5.18. The Labute approximate surface area is 152 Å². The number of hydrogen-bond acceptors (Lipinski definition) is 9. The van der Waals surface area contributed by atoms with Gasteiger partial charge in [0.15, 0.2) is 10.2 Å². The van der Waals surface area contributed by atoms with Gasteiger partial charge in [0, 0.05) is 37.5 Å². The molecule has 0 aliphatic rings. The van der Waals surface area contributed by atoms with Crippen molar-refractivity contribution in [1.29, 1.82) is 0 Å². The van der Waals surface area contributed by atoms with Crippen LogP contribution in [0.1, 0.15) is 5.69 Å². The molecule has 0 saturated carbocycles. The van der Waals surface area contributed by atoms with Crippen molar-refractivity contribution >= 4 is 33.9 Å². The van der Waals surface area contributed by atoms with Crippen molar-refractivity contribution < 1.29 is 4.92 Å². The van der Waals surface area contributed by atoms with Crippen LogP contribution in [0.3, 0.4) is 0 Å². The molecule has 25 heavy (non-hydrogen) atoms. The van der Waals surface area contributed by atoms with Crippen LogP contribution in [0.2, 0.25) is 0 Å². The largest absolute Gasteiger partial charge is 0.353 e. The van der Waals surface area contributed by atoms with Crippen LogP contribution in [0, 0.1) is 17.0 Å². The summed E-state index contributed by atoms with van der Waals surface area (Å²) in [6.07, 6.45) is 0. The first-order chi connectivity index (χ1) is 11.9. The summed E-state index contributed by atoms with van der Waals surface area (Å²) >= 11 is 2.86. The van der Waals surface area contributed by atoms with E-state index >= 15 is 0 Å². The molecule has 0 unspecified atom stereocenters. The highest BCUT2D eigenvalue weighted by Gasteiger charge is 2.13. The van der Waals surface area contributed by atoms with Gasteiger partial charge in [0.05, 0.1) is 4.92 Å². The van der Waals surface area contributed by atoms with Gasteiger partial charge < -0.3 is 4.90 Å². The van der Waals surface area contributed by atoms with Crippen LogP contribution in [0.25, 0.3) is 11.4 Å². The molecule has 8 nitrogen and oxygen atoms in total. The smallest absolute Gasteiger partial charge is 0.270 e. The molecule has 0 radical (unpaired) electrons. The van der Waals surface area contributed by atoms with Crippen molar-refractivity contribution in [3.63, 3.8) is 0 Å². The standard InChI is InChI=1S/C15H14N6O2S2/c1-9-7-12(24-15-19-18-14(25-15)20(2)3)17-13(16-9)10-5-4-6-11(8-10)21(22)23/h4-8H,1-3H3. The first kappa shape index (κ1) is 17.2. The number of hydrogen-bond donors (Lipinski definition) is 0. The van der Waals surface area contributed by atoms with E-state index < -0.39 is 4.92 Å². The summed E-state index contributed by atoms with van der Waals surface area (Å²) in [6.45, 7) is 1.86. The molecule has 0 aliphatic carbocycles. The molecule has 0 spiro atoms. The van der Waals surface area contributed by atoms with E-state index in [9.17, 15) is 10.1 Å². The van der Waals surface area contributed by atoms with Gasteiger partial charge in [0.1, 0.15) is 5.03 Å². The van der Waals surface area contributed by atoms with E-state index in [0.29, 0.717) is 11.4 Å². The lowest BCUT2D eigenvalue weighted by molar-refractivity contribution is -0.384. The van der Waals surface area contributed by atoms with E-state index in [1.54, 1.807) is 12.1 Å². The lowest BCUT2D eigenvalue weighted by atomic mass is 10.2. The average molecular weight is 374 g/mol. The van der Waals surface area contributed by atoms with E-state index in [4.69, 9.17) is 0 Å². The Morgan fingerprint density at radius 1 is 1.20 bits per heavy atom. The van der Waals surface area contributed by atoms with Gasteiger partial charge >= 0.3 is 0 Å². The molecular weight excluding hydrogens is 360 g/mol. The minimum atomic E-state index is -0.432. The molecular formula is C15H14N6O2S2. The van der Waals surface area contributed by atoms with Crippen LogP contribution in [-0.2, 0) is 0 Å². The molecule has 0 aliphatic heterocycles. The second-order valence-corrected chi connectivity index (χ2v) is 7.55. The minimum Gasteiger partial charge on any atom is -0.353 e. The van der Waals surface area contributed by atoms with Crippen molar-refractivity contribution in [3.8, 4) is 11.4 Å². The van der Waals surface area contributed by atoms with E-state index in [2.05, 4.69) is 20.2 Å². The first-order valence-corrected chi connectivity index (χ1v) is 8.85. The number of non-ortho nitro benzene ring substituents is 1. The third kappa shape index (κ3) is 4.09. The molecule has 3 rings (SSSR count). The van der Waals surface area contributed by atoms with Crippen LogP contribution < -0.4 is 4.90 Å². The van der Waals surface area contributed by atoms with Crippen LogP contribution in [0.4, 0.5) is 10.8 Å². The Morgan fingerprint density at radius 3 is 2.68 bits per heavy atom. The summed E-state index contributed by atoms with van der Waals surface area (Å²) < 4.78 is 0.770. The van der Waals surface area contributed by atoms with E-state index in [0.717, 1.165) is 20.2 Å². The molecule has 128 valence electrons. The number of nitrogens with zero attached hydrogens (tertiary/aromatic N) is 6. The molecule has 1 aromatic carbocycles. The maximum Gasteiger partial charge on any atom is 0.270 e. The maximum absolute atomic E-state index is 11.0. The van der Waals surface area contributed by atoms with Gasteiger partial charge in [-0.25, -0.2) is 9.97 Å². The summed E-state index contributed by atoms with van der Waals surface area (Å²) in [4.78, 5) is 21.3. The Morgan fingerprint density at radius 2 is 2.00 bits per heavy atom. The predicted octanol–water partition coefficient (Wildman–Crippen LogP) is 3.43. The zero-order valence-electron chi connectivity index (χ0n) is 13.7. The Bertz CT molecular complexity index is 928. The fourth-order valence-corrected chi connectivity index (χ4v) is 3.76. The molecule has 3 aromatic rings. The topological polar surface area (TPSA) is 97.9 Å². The first-order valence-electron chi connectivity index (χ1n) is 7.21. The van der Waals surface area contributed by atoms with E-state index in [-0.39, 0.29) is 5.69 Å². The van der Waals surface area contributed by atoms with E-state index in [1.807, 2.05) is 32.0 Å². The summed E-state index contributed by atoms with van der Waals surface area (Å²) in [6, 6.07) is 8.14. The highest BCUT2D eigenvalue weighted by atomic mass is 32.2. The zero-order valence-corrected chi connectivity index (χ0v) is 15.3. The van der Waals surface area contributed by atoms with E-state index in [1.165, 1.54) is 35.2 Å². The Hall–Kier alpha value is -2.59. The number of benzene rings is 1. The van der Waals surface area contributed by atoms with Gasteiger partial charge in [-0.15, -0.1) is 10.2 Å². The SMILES string of the molecule is Cc1cc(Sc2nnc(N(C)C)s2)nc(-c2cccc([N+](=O)[O-])c2)n1. The van der Waals surface area contributed by atoms with Crippen LogP contribution >= 0.6 is 23.1 Å². The van der Waals surface area contributed by atoms with Crippen LogP contribution in [-0.4, -0.2) is 39.2 Å². The third-order valence-electron chi connectivity index (χ3n) is 3.12. The van der Waals surface area contributed by atoms with Crippen molar-refractivity contribution in [2.75, 3.05) is 19.0 Å². The monoisotopic (exact) mass is 374 g/mol. The Kier molecular flexibility index (Phi) is 4.91. The molecule has 0 fully saturated rings. The summed E-state index contributed by atoms with van der Waals surface area (Å²) in [7, 11) is 3.81. The fourth-order valence-electron chi connectivity index (χ4n) is 1.99. The number of aryl methyl sites for hydroxylation is 1. The van der Waals surface area contributed by atoms with Gasteiger partial charge in [0.25, 0.3) is 5.69 Å². The number of aromatic nitrogens is 4. The van der Waals surface area contributed by atoms with Crippen molar-refractivity contribution in [2.24, 2.45) is 0 Å². The molecule has 0 N–H and O–H groups in total. The second-order valence-electron chi connectivity index (χ2n) is 5.33. The molecule has 2 heterocycles. The lowest BCUT2D eigenvalue weighted by Gasteiger charge is -2.05. The second kappa shape index (κ2) is 7.11. The number of nitro benzene ring substituents is 1. The molecule has 0 amide bonds. The number of rotatable bonds is 5. The van der Waals surface area contributed by atoms with Gasteiger partial charge in [-0.2, -0.15) is 0 Å². The van der Waals surface area contributed by atoms with Crippen LogP contribution in [0.15, 0.2) is 39.7 Å². The van der Waals surface area contributed by atoms with Crippen LogP contribution in [0.5, 0.6) is 0 Å². The van der Waals surface area contributed by atoms with Gasteiger partial charge in [0.2, 0.25) is 5.13 Å². The van der Waals surface area contributed by atoms with Crippen molar-refractivity contribution in [1.82, 2.24) is 20.2 Å². The summed E-state index contributed by atoms with van der Waals surface area (Å²) in [5.41, 5.74) is 1.39.